The van der Waals surface area contributed by atoms with E-state index in [2.05, 4.69) is 15.5 Å². The lowest BCUT2D eigenvalue weighted by Gasteiger charge is -2.01. The Morgan fingerprint density at radius 1 is 1.19 bits per heavy atom. The highest BCUT2D eigenvalue weighted by molar-refractivity contribution is 6.08. The molecule has 0 unspecified atom stereocenters. The molecule has 6 nitrogen and oxygen atoms in total. The van der Waals surface area contributed by atoms with Gasteiger partial charge >= 0.3 is 0 Å². The number of hydrogen-bond donors (Lipinski definition) is 2. The van der Waals surface area contributed by atoms with Crippen molar-refractivity contribution in [2.24, 2.45) is 0 Å². The molecule has 4 rings (SSSR count). The first-order valence-electron chi connectivity index (χ1n) is 7.80. The number of H-pyrrole nitrogens is 1. The summed E-state index contributed by atoms with van der Waals surface area (Å²) in [5.74, 6) is -2.25. The molecule has 0 aliphatic rings. The maximum atomic E-state index is 13.5. The van der Waals surface area contributed by atoms with Gasteiger partial charge < -0.3 is 14.8 Å². The maximum Gasteiger partial charge on any atom is 0.277 e. The summed E-state index contributed by atoms with van der Waals surface area (Å²) in [5.41, 5.74) is 1.68. The number of hydrogen-bond acceptors (Lipinski definition) is 4. The molecule has 0 fully saturated rings. The van der Waals surface area contributed by atoms with E-state index in [-0.39, 0.29) is 11.4 Å². The number of halogens is 2. The largest absolute Gasteiger partial charge is 0.359 e. The molecule has 0 aliphatic carbocycles. The monoisotopic (exact) mass is 364 g/mol. The molecule has 132 valence electrons. The molecule has 27 heavy (non-hydrogen) atoms. The average Bonchev–Trinajstić information content (AvgIpc) is 3.31. The van der Waals surface area contributed by atoms with Crippen LogP contribution >= 0.6 is 0 Å². The minimum Gasteiger partial charge on any atom is -0.359 e. The highest BCUT2D eigenvalue weighted by Gasteiger charge is 2.17. The molecule has 0 saturated carbocycles. The van der Waals surface area contributed by atoms with Crippen molar-refractivity contribution in [1.29, 1.82) is 5.26 Å². The highest BCUT2D eigenvalue weighted by Crippen LogP contribution is 2.27. The van der Waals surface area contributed by atoms with Crippen molar-refractivity contribution in [2.75, 3.05) is 5.32 Å². The molecule has 0 spiro atoms. The molecule has 0 aliphatic heterocycles. The van der Waals surface area contributed by atoms with Crippen LogP contribution in [0.1, 0.15) is 16.1 Å². The SMILES string of the molecule is N#Cc1cccc(-c2cc(C(=O)Nc3c[nH]c4cc(F)c(F)cc34)no2)c1. The van der Waals surface area contributed by atoms with Gasteiger partial charge in [0.1, 0.15) is 0 Å². The molecule has 0 saturated heterocycles. The molecular formula is C19H10F2N4O2. The fourth-order valence-electron chi connectivity index (χ4n) is 2.67. The number of nitrogens with one attached hydrogen (secondary N) is 2. The smallest absolute Gasteiger partial charge is 0.277 e. The van der Waals surface area contributed by atoms with Crippen LogP contribution in [0.5, 0.6) is 0 Å². The summed E-state index contributed by atoms with van der Waals surface area (Å²) in [6.45, 7) is 0. The number of aromatic nitrogens is 2. The third-order valence-corrected chi connectivity index (χ3v) is 3.99. The zero-order chi connectivity index (χ0) is 19.0. The van der Waals surface area contributed by atoms with Crippen LogP contribution in [0.4, 0.5) is 14.5 Å². The number of nitriles is 1. The van der Waals surface area contributed by atoms with Gasteiger partial charge in [-0.25, -0.2) is 8.78 Å². The Labute approximate surface area is 151 Å². The van der Waals surface area contributed by atoms with Gasteiger partial charge in [-0.15, -0.1) is 0 Å². The van der Waals surface area contributed by atoms with Gasteiger partial charge in [0.15, 0.2) is 23.1 Å². The number of fused-ring (bicyclic) bond motifs is 1. The Morgan fingerprint density at radius 3 is 2.81 bits per heavy atom. The molecule has 2 aromatic carbocycles. The molecule has 0 radical (unpaired) electrons. The Bertz CT molecular complexity index is 1220. The summed E-state index contributed by atoms with van der Waals surface area (Å²) < 4.78 is 31.9. The van der Waals surface area contributed by atoms with E-state index in [4.69, 9.17) is 9.78 Å². The molecular weight excluding hydrogens is 354 g/mol. The minimum absolute atomic E-state index is 0.00398. The topological polar surface area (TPSA) is 94.7 Å². The van der Waals surface area contributed by atoms with Crippen molar-refractivity contribution in [3.63, 3.8) is 0 Å². The second kappa shape index (κ2) is 6.38. The second-order valence-electron chi connectivity index (χ2n) is 5.74. The van der Waals surface area contributed by atoms with E-state index in [1.165, 1.54) is 12.3 Å². The van der Waals surface area contributed by atoms with Crippen molar-refractivity contribution < 1.29 is 18.1 Å². The molecule has 1 amide bonds. The number of anilines is 1. The van der Waals surface area contributed by atoms with Crippen LogP contribution < -0.4 is 5.32 Å². The minimum atomic E-state index is -1.02. The normalized spacial score (nSPS) is 10.7. The van der Waals surface area contributed by atoms with Crippen LogP contribution in [0.3, 0.4) is 0 Å². The lowest BCUT2D eigenvalue weighted by Crippen LogP contribution is -2.11. The van der Waals surface area contributed by atoms with Gasteiger partial charge in [0.2, 0.25) is 0 Å². The van der Waals surface area contributed by atoms with E-state index in [9.17, 15) is 13.6 Å². The zero-order valence-electron chi connectivity index (χ0n) is 13.6. The van der Waals surface area contributed by atoms with E-state index >= 15 is 0 Å². The Kier molecular flexibility index (Phi) is 3.90. The highest BCUT2D eigenvalue weighted by atomic mass is 19.2. The second-order valence-corrected chi connectivity index (χ2v) is 5.74. The summed E-state index contributed by atoms with van der Waals surface area (Å²) in [4.78, 5) is 15.2. The first-order chi connectivity index (χ1) is 13.0. The summed E-state index contributed by atoms with van der Waals surface area (Å²) in [5, 5.41) is 15.6. The van der Waals surface area contributed by atoms with E-state index in [0.717, 1.165) is 12.1 Å². The number of rotatable bonds is 3. The van der Waals surface area contributed by atoms with Gasteiger partial charge in [-0.05, 0) is 18.2 Å². The summed E-state index contributed by atoms with van der Waals surface area (Å²) in [6.07, 6.45) is 1.43. The molecule has 2 N–H and O–H groups in total. The number of carbonyl (C=O) groups excluding carboxylic acids is 1. The van der Waals surface area contributed by atoms with Gasteiger partial charge in [-0.1, -0.05) is 17.3 Å². The van der Waals surface area contributed by atoms with Crippen molar-refractivity contribution in [1.82, 2.24) is 10.1 Å². The fourth-order valence-corrected chi connectivity index (χ4v) is 2.67. The molecule has 0 bridgehead atoms. The van der Waals surface area contributed by atoms with E-state index in [1.54, 1.807) is 24.3 Å². The fraction of sp³-hybridized carbons (Fsp3) is 0. The predicted octanol–water partition coefficient (Wildman–Crippen LogP) is 4.23. The van der Waals surface area contributed by atoms with Crippen molar-refractivity contribution in [2.45, 2.75) is 0 Å². The van der Waals surface area contributed by atoms with Crippen LogP contribution in [0.2, 0.25) is 0 Å². The summed E-state index contributed by atoms with van der Waals surface area (Å²) in [7, 11) is 0. The third-order valence-electron chi connectivity index (χ3n) is 3.99. The predicted molar refractivity (Wildman–Crippen MR) is 92.8 cm³/mol. The molecule has 8 heteroatoms. The van der Waals surface area contributed by atoms with Crippen LogP contribution in [0.15, 0.2) is 53.2 Å². The first-order valence-corrected chi connectivity index (χ1v) is 7.80. The molecule has 0 atom stereocenters. The van der Waals surface area contributed by atoms with Crippen LogP contribution in [0, 0.1) is 23.0 Å². The van der Waals surface area contributed by atoms with Crippen molar-refractivity contribution >= 4 is 22.5 Å². The van der Waals surface area contributed by atoms with E-state index in [0.29, 0.717) is 27.8 Å². The number of nitrogens with zero attached hydrogens (tertiary/aromatic N) is 2. The van der Waals surface area contributed by atoms with Gasteiger partial charge in [0.25, 0.3) is 5.91 Å². The Balaban J connectivity index is 1.60. The van der Waals surface area contributed by atoms with Gasteiger partial charge in [-0.2, -0.15) is 5.26 Å². The number of aromatic amines is 1. The molecule has 2 heterocycles. The first kappa shape index (κ1) is 16.5. The van der Waals surface area contributed by atoms with Crippen molar-refractivity contribution in [3.8, 4) is 17.4 Å². The Hall–Kier alpha value is -3.99. The average molecular weight is 364 g/mol. The van der Waals surface area contributed by atoms with Gasteiger partial charge in [0, 0.05) is 29.3 Å². The number of benzene rings is 2. The van der Waals surface area contributed by atoms with Crippen LogP contribution in [-0.2, 0) is 0 Å². The van der Waals surface area contributed by atoms with Crippen LogP contribution in [-0.4, -0.2) is 16.0 Å². The van der Waals surface area contributed by atoms with Crippen molar-refractivity contribution in [3.05, 3.63) is 71.6 Å². The van der Waals surface area contributed by atoms with E-state index < -0.39 is 17.5 Å². The van der Waals surface area contributed by atoms with Gasteiger partial charge in [0.05, 0.1) is 22.8 Å². The molecule has 4 aromatic rings. The quantitative estimate of drug-likeness (QED) is 0.569. The Morgan fingerprint density at radius 2 is 2.00 bits per heavy atom. The number of carbonyl (C=O) groups is 1. The third kappa shape index (κ3) is 3.02. The lowest BCUT2D eigenvalue weighted by molar-refractivity contribution is 0.101. The van der Waals surface area contributed by atoms with Gasteiger partial charge in [-0.3, -0.25) is 4.79 Å². The molecule has 2 aromatic heterocycles. The standard InChI is InChI=1S/C19H10F2N4O2/c20-13-5-12-15(6-14(13)21)23-9-17(12)24-19(26)16-7-18(27-25-16)11-3-1-2-10(4-11)8-22/h1-7,9,23H,(H,24,26). The van der Waals surface area contributed by atoms with Crippen LogP contribution in [0.25, 0.3) is 22.2 Å². The number of amides is 1. The lowest BCUT2D eigenvalue weighted by atomic mass is 10.1. The maximum absolute atomic E-state index is 13.5. The summed E-state index contributed by atoms with van der Waals surface area (Å²) in [6, 6.07) is 12.1. The van der Waals surface area contributed by atoms with E-state index in [1.807, 2.05) is 6.07 Å². The summed E-state index contributed by atoms with van der Waals surface area (Å²) >= 11 is 0. The zero-order valence-corrected chi connectivity index (χ0v) is 13.6.